The van der Waals surface area contributed by atoms with E-state index in [1.807, 2.05) is 0 Å². The van der Waals surface area contributed by atoms with E-state index in [-0.39, 0.29) is 10.8 Å². The Balaban J connectivity index is 1.89. The van der Waals surface area contributed by atoms with Crippen LogP contribution in [0.15, 0.2) is 30.3 Å². The maximum absolute atomic E-state index is 7.30. The van der Waals surface area contributed by atoms with Crippen LogP contribution in [-0.4, -0.2) is 31.1 Å². The van der Waals surface area contributed by atoms with Crippen LogP contribution in [0.3, 0.4) is 0 Å². The Morgan fingerprint density at radius 3 is 2.29 bits per heavy atom. The van der Waals surface area contributed by atoms with E-state index in [4.69, 9.17) is 6.57 Å². The molecule has 0 unspecified atom stereocenters. The molecule has 2 heteroatoms. The van der Waals surface area contributed by atoms with Crippen LogP contribution in [0.2, 0.25) is 0 Å². The Kier molecular flexibility index (Phi) is 5.06. The minimum Gasteiger partial charge on any atom is -0.316 e. The van der Waals surface area contributed by atoms with Gasteiger partial charge in [0, 0.05) is 12.0 Å². The Labute approximate surface area is 130 Å². The summed E-state index contributed by atoms with van der Waals surface area (Å²) in [6, 6.07) is 10.7. The molecule has 1 aliphatic rings. The summed E-state index contributed by atoms with van der Waals surface area (Å²) in [4.78, 5) is 6.32. The first kappa shape index (κ1) is 16.0. The van der Waals surface area contributed by atoms with Crippen molar-refractivity contribution in [3.05, 3.63) is 47.3 Å². The summed E-state index contributed by atoms with van der Waals surface area (Å²) in [5.41, 5.74) is 1.85. The lowest BCUT2D eigenvalue weighted by Gasteiger charge is -2.46. The normalized spacial score (nSPS) is 19.1. The van der Waals surface area contributed by atoms with Crippen LogP contribution in [0.25, 0.3) is 4.85 Å². The molecule has 1 aromatic carbocycles. The maximum atomic E-state index is 7.30. The van der Waals surface area contributed by atoms with Crippen molar-refractivity contribution in [3.8, 4) is 0 Å². The predicted octanol–water partition coefficient (Wildman–Crippen LogP) is 4.28. The van der Waals surface area contributed by atoms with Crippen LogP contribution in [0.5, 0.6) is 0 Å². The first-order valence-corrected chi connectivity index (χ1v) is 8.06. The smallest absolute Gasteiger partial charge is 0.220 e. The van der Waals surface area contributed by atoms with E-state index in [0.717, 1.165) is 38.9 Å². The van der Waals surface area contributed by atoms with E-state index < -0.39 is 0 Å². The van der Waals surface area contributed by atoms with Gasteiger partial charge in [0.2, 0.25) is 6.54 Å². The number of piperidine rings is 1. The zero-order valence-corrected chi connectivity index (χ0v) is 13.7. The van der Waals surface area contributed by atoms with E-state index in [2.05, 4.69) is 60.8 Å². The topological polar surface area (TPSA) is 7.60 Å². The van der Waals surface area contributed by atoms with E-state index in [1.165, 1.54) is 5.56 Å². The number of hydrogen-bond donors (Lipinski definition) is 0. The molecular formula is C19H28N2. The number of hydrogen-bond acceptors (Lipinski definition) is 1. The van der Waals surface area contributed by atoms with Crippen LogP contribution in [-0.2, 0) is 6.42 Å². The summed E-state index contributed by atoms with van der Waals surface area (Å²) in [5.74, 6) is 0. The molecule has 0 saturated carbocycles. The lowest BCUT2D eigenvalue weighted by Crippen LogP contribution is -2.48. The second-order valence-electron chi connectivity index (χ2n) is 7.42. The molecule has 0 radical (unpaired) electrons. The molecule has 2 rings (SSSR count). The molecule has 1 fully saturated rings. The molecule has 0 atom stereocenters. The van der Waals surface area contributed by atoms with E-state index in [0.29, 0.717) is 6.54 Å². The summed E-state index contributed by atoms with van der Waals surface area (Å²) < 4.78 is 0. The fourth-order valence-corrected chi connectivity index (χ4v) is 3.43. The van der Waals surface area contributed by atoms with Crippen LogP contribution < -0.4 is 0 Å². The Morgan fingerprint density at radius 1 is 1.14 bits per heavy atom. The van der Waals surface area contributed by atoms with Gasteiger partial charge in [-0.15, -0.1) is 0 Å². The van der Waals surface area contributed by atoms with Crippen LogP contribution in [0.1, 0.15) is 39.2 Å². The van der Waals surface area contributed by atoms with Crippen molar-refractivity contribution in [1.82, 2.24) is 4.90 Å². The zero-order chi connectivity index (χ0) is 15.3. The monoisotopic (exact) mass is 284 g/mol. The standard InChI is InChI=1S/C19H28N2/c1-18(2,3)19(16-20-4)11-14-21(15-12-19)13-10-17-8-6-5-7-9-17/h5-9H,10-16H2,1-3H3. The highest BCUT2D eigenvalue weighted by molar-refractivity contribution is 5.15. The van der Waals surface area contributed by atoms with Crippen LogP contribution >= 0.6 is 0 Å². The second-order valence-corrected chi connectivity index (χ2v) is 7.42. The summed E-state index contributed by atoms with van der Waals surface area (Å²) >= 11 is 0. The van der Waals surface area contributed by atoms with E-state index in [9.17, 15) is 0 Å². The SMILES string of the molecule is [C-]#[N+]CC1(C(C)(C)C)CCN(CCc2ccccc2)CC1. The number of benzene rings is 1. The van der Waals surface area contributed by atoms with Gasteiger partial charge in [-0.05, 0) is 43.3 Å². The van der Waals surface area contributed by atoms with Crippen molar-refractivity contribution in [3.63, 3.8) is 0 Å². The predicted molar refractivity (Wildman–Crippen MR) is 89.2 cm³/mol. The molecule has 0 aliphatic carbocycles. The minimum atomic E-state index is 0.206. The van der Waals surface area contributed by atoms with Crippen molar-refractivity contribution >= 4 is 0 Å². The molecule has 0 amide bonds. The first-order chi connectivity index (χ1) is 9.97. The molecule has 0 bridgehead atoms. The highest BCUT2D eigenvalue weighted by Gasteiger charge is 2.46. The molecule has 1 heterocycles. The molecule has 0 aromatic heterocycles. The maximum Gasteiger partial charge on any atom is 0.220 e. The zero-order valence-electron chi connectivity index (χ0n) is 13.7. The van der Waals surface area contributed by atoms with Crippen molar-refractivity contribution < 1.29 is 0 Å². The molecule has 1 saturated heterocycles. The van der Waals surface area contributed by atoms with Crippen molar-refractivity contribution in [1.29, 1.82) is 0 Å². The van der Waals surface area contributed by atoms with Gasteiger partial charge < -0.3 is 9.74 Å². The van der Waals surface area contributed by atoms with Gasteiger partial charge in [-0.25, -0.2) is 6.57 Å². The van der Waals surface area contributed by atoms with Gasteiger partial charge in [-0.1, -0.05) is 51.1 Å². The summed E-state index contributed by atoms with van der Waals surface area (Å²) in [6.45, 7) is 18.3. The fourth-order valence-electron chi connectivity index (χ4n) is 3.43. The lowest BCUT2D eigenvalue weighted by atomic mass is 9.61. The fraction of sp³-hybridized carbons (Fsp3) is 0.632. The average Bonchev–Trinajstić information content (AvgIpc) is 2.47. The van der Waals surface area contributed by atoms with Gasteiger partial charge in [0.05, 0.1) is 0 Å². The first-order valence-electron chi connectivity index (χ1n) is 8.06. The summed E-state index contributed by atoms with van der Waals surface area (Å²) in [6.07, 6.45) is 3.45. The Bertz CT molecular complexity index is 471. The molecule has 114 valence electrons. The van der Waals surface area contributed by atoms with Crippen LogP contribution in [0.4, 0.5) is 0 Å². The Morgan fingerprint density at radius 2 is 1.76 bits per heavy atom. The highest BCUT2D eigenvalue weighted by Crippen LogP contribution is 2.47. The second kappa shape index (κ2) is 6.62. The number of nitrogens with zero attached hydrogens (tertiary/aromatic N) is 2. The molecule has 0 N–H and O–H groups in total. The van der Waals surface area contributed by atoms with Crippen molar-refractivity contribution in [2.24, 2.45) is 10.8 Å². The van der Waals surface area contributed by atoms with Gasteiger partial charge in [0.25, 0.3) is 0 Å². The van der Waals surface area contributed by atoms with Crippen molar-refractivity contribution in [2.75, 3.05) is 26.2 Å². The van der Waals surface area contributed by atoms with Crippen molar-refractivity contribution in [2.45, 2.75) is 40.0 Å². The third-order valence-electron chi connectivity index (χ3n) is 5.35. The van der Waals surface area contributed by atoms with Gasteiger partial charge in [-0.2, -0.15) is 0 Å². The Hall–Kier alpha value is -1.33. The average molecular weight is 284 g/mol. The molecule has 1 aliphatic heterocycles. The van der Waals surface area contributed by atoms with E-state index >= 15 is 0 Å². The molecule has 1 aromatic rings. The third kappa shape index (κ3) is 3.86. The minimum absolute atomic E-state index is 0.206. The van der Waals surface area contributed by atoms with Crippen LogP contribution in [0, 0.1) is 17.4 Å². The lowest BCUT2D eigenvalue weighted by molar-refractivity contribution is 0.0203. The number of rotatable bonds is 4. The van der Waals surface area contributed by atoms with Gasteiger partial charge in [-0.3, -0.25) is 0 Å². The largest absolute Gasteiger partial charge is 0.316 e. The van der Waals surface area contributed by atoms with E-state index in [1.54, 1.807) is 0 Å². The molecule has 2 nitrogen and oxygen atoms in total. The van der Waals surface area contributed by atoms with Gasteiger partial charge in [0.1, 0.15) is 0 Å². The molecular weight excluding hydrogens is 256 g/mol. The number of likely N-dealkylation sites (tertiary alicyclic amines) is 1. The molecule has 0 spiro atoms. The third-order valence-corrected chi connectivity index (χ3v) is 5.35. The van der Waals surface area contributed by atoms with Gasteiger partial charge in [0.15, 0.2) is 0 Å². The molecule has 21 heavy (non-hydrogen) atoms. The highest BCUT2D eigenvalue weighted by atomic mass is 15.1. The summed E-state index contributed by atoms with van der Waals surface area (Å²) in [5, 5.41) is 0. The summed E-state index contributed by atoms with van der Waals surface area (Å²) in [7, 11) is 0. The quantitative estimate of drug-likeness (QED) is 0.749. The van der Waals surface area contributed by atoms with Gasteiger partial charge >= 0.3 is 0 Å².